The van der Waals surface area contributed by atoms with Crippen molar-refractivity contribution >= 4 is 17.9 Å². The van der Waals surface area contributed by atoms with Crippen LogP contribution in [0.5, 0.6) is 0 Å². The van der Waals surface area contributed by atoms with Gasteiger partial charge < -0.3 is 14.2 Å². The molecule has 0 aliphatic carbocycles. The van der Waals surface area contributed by atoms with Gasteiger partial charge in [-0.2, -0.15) is 0 Å². The lowest BCUT2D eigenvalue weighted by molar-refractivity contribution is -0.167. The lowest BCUT2D eigenvalue weighted by Gasteiger charge is -2.18. The lowest BCUT2D eigenvalue weighted by Crippen LogP contribution is -2.30. The topological polar surface area (TPSA) is 78.9 Å². The fraction of sp³-hybridized carbons (Fsp3) is 0.691. The molecule has 74 heavy (non-hydrogen) atoms. The van der Waals surface area contributed by atoms with E-state index in [-0.39, 0.29) is 37.5 Å². The molecule has 0 spiro atoms. The summed E-state index contributed by atoms with van der Waals surface area (Å²) in [5.74, 6) is -0.969. The van der Waals surface area contributed by atoms with Gasteiger partial charge in [-0.3, -0.25) is 14.4 Å². The van der Waals surface area contributed by atoms with Crippen LogP contribution in [-0.2, 0) is 28.6 Å². The van der Waals surface area contributed by atoms with E-state index in [1.807, 2.05) is 0 Å². The molecule has 6 nitrogen and oxygen atoms in total. The minimum Gasteiger partial charge on any atom is -0.462 e. The van der Waals surface area contributed by atoms with Crippen LogP contribution >= 0.6 is 0 Å². The maximum atomic E-state index is 12.9. The third-order valence-corrected chi connectivity index (χ3v) is 13.0. The molecule has 6 heteroatoms. The van der Waals surface area contributed by atoms with Crippen LogP contribution in [0.25, 0.3) is 0 Å². The van der Waals surface area contributed by atoms with Gasteiger partial charge in [0.15, 0.2) is 6.10 Å². The standard InChI is InChI=1S/C68H114O6/c1-4-7-10-13-16-19-22-25-28-30-32-33-34-35-36-38-40-43-46-49-52-55-58-61-67(70)73-64-65(63-72-66(69)60-57-54-51-48-45-42-39-27-24-21-18-15-12-9-6-3)74-68(71)62-59-56-53-50-47-44-41-37-31-29-26-23-20-17-14-11-8-5-2/h7,10,16,18-19,21,25,27-28,32-33,35-36,39-40,43,49,52,65H,4-6,8-9,11-15,17,20,22-24,26,29-31,34,37-38,41-42,44-48,50-51,53-64H2,1-3H3/b10-7-,19-16-,21-18-,28-25-,33-32-,36-35-,39-27-,43-40-,52-49-. The van der Waals surface area contributed by atoms with E-state index < -0.39 is 6.10 Å². The van der Waals surface area contributed by atoms with Crippen LogP contribution in [-0.4, -0.2) is 37.2 Å². The average Bonchev–Trinajstić information content (AvgIpc) is 3.40. The van der Waals surface area contributed by atoms with Crippen LogP contribution in [0.3, 0.4) is 0 Å². The SMILES string of the molecule is CC/C=C\C/C=C\C/C=C\C/C=C\C/C=C\C/C=C\C/C=C\CCCC(=O)OCC(COC(=O)CCCCCCC/C=C\C/C=C\CCCCC)OC(=O)CCCCCCCCCCCCCCCCCCCC. The number of carbonyl (C=O) groups excluding carboxylic acids is 3. The van der Waals surface area contributed by atoms with Gasteiger partial charge in [0.25, 0.3) is 0 Å². The first-order valence-corrected chi connectivity index (χ1v) is 30.9. The first-order chi connectivity index (χ1) is 36.5. The van der Waals surface area contributed by atoms with Crippen LogP contribution in [0, 0.1) is 0 Å². The van der Waals surface area contributed by atoms with Crippen LogP contribution in [0.4, 0.5) is 0 Å². The van der Waals surface area contributed by atoms with E-state index in [2.05, 4.69) is 130 Å². The number of ether oxygens (including phenoxy) is 3. The number of rotatable bonds is 55. The van der Waals surface area contributed by atoms with Gasteiger partial charge >= 0.3 is 17.9 Å². The van der Waals surface area contributed by atoms with Crippen molar-refractivity contribution < 1.29 is 28.6 Å². The van der Waals surface area contributed by atoms with Gasteiger partial charge in [0.2, 0.25) is 0 Å². The van der Waals surface area contributed by atoms with Gasteiger partial charge in [-0.25, -0.2) is 0 Å². The van der Waals surface area contributed by atoms with Gasteiger partial charge in [-0.15, -0.1) is 0 Å². The number of hydrogen-bond acceptors (Lipinski definition) is 6. The molecular formula is C68H114O6. The number of unbranched alkanes of at least 4 members (excludes halogenated alkanes) is 26. The largest absolute Gasteiger partial charge is 0.462 e. The van der Waals surface area contributed by atoms with E-state index >= 15 is 0 Å². The van der Waals surface area contributed by atoms with Crippen molar-refractivity contribution in [1.29, 1.82) is 0 Å². The Labute approximate surface area is 457 Å². The number of carbonyl (C=O) groups is 3. The molecule has 0 amide bonds. The summed E-state index contributed by atoms with van der Waals surface area (Å²) >= 11 is 0. The molecule has 1 unspecified atom stereocenters. The number of hydrogen-bond donors (Lipinski definition) is 0. The van der Waals surface area contributed by atoms with Crippen molar-refractivity contribution in [3.8, 4) is 0 Å². The molecule has 0 aromatic carbocycles. The highest BCUT2D eigenvalue weighted by molar-refractivity contribution is 5.71. The predicted molar refractivity (Wildman–Crippen MR) is 320 cm³/mol. The number of allylic oxidation sites excluding steroid dienone is 18. The zero-order chi connectivity index (χ0) is 53.6. The smallest absolute Gasteiger partial charge is 0.306 e. The molecule has 0 bridgehead atoms. The highest BCUT2D eigenvalue weighted by atomic mass is 16.6. The van der Waals surface area contributed by atoms with Crippen molar-refractivity contribution in [3.05, 3.63) is 109 Å². The molecule has 0 rings (SSSR count). The summed E-state index contributed by atoms with van der Waals surface area (Å²) in [5.41, 5.74) is 0. The Bertz CT molecular complexity index is 1510. The van der Waals surface area contributed by atoms with Crippen LogP contribution in [0.15, 0.2) is 109 Å². The van der Waals surface area contributed by atoms with E-state index in [9.17, 15) is 14.4 Å². The maximum absolute atomic E-state index is 12.9. The van der Waals surface area contributed by atoms with Crippen molar-refractivity contribution in [2.45, 2.75) is 290 Å². The fourth-order valence-electron chi connectivity index (χ4n) is 8.40. The summed E-state index contributed by atoms with van der Waals surface area (Å²) in [6, 6.07) is 0. The van der Waals surface area contributed by atoms with E-state index in [1.165, 1.54) is 122 Å². The summed E-state index contributed by atoms with van der Waals surface area (Å²) in [5, 5.41) is 0. The van der Waals surface area contributed by atoms with E-state index in [4.69, 9.17) is 14.2 Å². The second-order valence-corrected chi connectivity index (χ2v) is 20.2. The quantitative estimate of drug-likeness (QED) is 0.0261. The predicted octanol–water partition coefficient (Wildman–Crippen LogP) is 21.0. The minimum absolute atomic E-state index is 0.103. The maximum Gasteiger partial charge on any atom is 0.306 e. The second-order valence-electron chi connectivity index (χ2n) is 20.2. The van der Waals surface area contributed by atoms with Gasteiger partial charge in [-0.05, 0) is 103 Å². The Balaban J connectivity index is 4.48. The monoisotopic (exact) mass is 1030 g/mol. The molecule has 0 aliphatic rings. The third kappa shape index (κ3) is 59.0. The Kier molecular flexibility index (Phi) is 58.3. The zero-order valence-electron chi connectivity index (χ0n) is 48.3. The normalized spacial score (nSPS) is 12.9. The first kappa shape index (κ1) is 70.1. The Morgan fingerprint density at radius 3 is 0.905 bits per heavy atom. The van der Waals surface area contributed by atoms with E-state index in [0.29, 0.717) is 19.3 Å². The molecule has 0 N–H and O–H groups in total. The summed E-state index contributed by atoms with van der Waals surface area (Å²) in [4.78, 5) is 38.2. The van der Waals surface area contributed by atoms with Crippen molar-refractivity contribution in [3.63, 3.8) is 0 Å². The molecule has 422 valence electrons. The molecule has 0 aromatic rings. The molecule has 1 atom stereocenters. The molecule has 0 saturated heterocycles. The van der Waals surface area contributed by atoms with Crippen LogP contribution in [0.2, 0.25) is 0 Å². The fourth-order valence-corrected chi connectivity index (χ4v) is 8.40. The highest BCUT2D eigenvalue weighted by Crippen LogP contribution is 2.16. The number of esters is 3. The molecule has 0 radical (unpaired) electrons. The molecule has 0 fully saturated rings. The zero-order valence-corrected chi connectivity index (χ0v) is 48.3. The molecule has 0 heterocycles. The lowest BCUT2D eigenvalue weighted by atomic mass is 10.0. The van der Waals surface area contributed by atoms with Crippen molar-refractivity contribution in [1.82, 2.24) is 0 Å². The van der Waals surface area contributed by atoms with Crippen molar-refractivity contribution in [2.24, 2.45) is 0 Å². The summed E-state index contributed by atoms with van der Waals surface area (Å²) in [6.07, 6.45) is 83.7. The Morgan fingerprint density at radius 1 is 0.284 bits per heavy atom. The average molecular weight is 1030 g/mol. The van der Waals surface area contributed by atoms with Gasteiger partial charge in [-0.1, -0.05) is 271 Å². The summed E-state index contributed by atoms with van der Waals surface area (Å²) < 4.78 is 16.9. The van der Waals surface area contributed by atoms with Gasteiger partial charge in [0, 0.05) is 19.3 Å². The van der Waals surface area contributed by atoms with Gasteiger partial charge in [0.1, 0.15) is 13.2 Å². The summed E-state index contributed by atoms with van der Waals surface area (Å²) in [7, 11) is 0. The minimum atomic E-state index is -0.808. The Hall–Kier alpha value is -3.93. The molecule has 0 aliphatic heterocycles. The molecular weight excluding hydrogens is 913 g/mol. The van der Waals surface area contributed by atoms with Crippen molar-refractivity contribution in [2.75, 3.05) is 13.2 Å². The van der Waals surface area contributed by atoms with E-state index in [0.717, 1.165) is 116 Å². The second kappa shape index (κ2) is 61.6. The summed E-state index contributed by atoms with van der Waals surface area (Å²) in [6.45, 7) is 6.46. The molecule has 0 saturated carbocycles. The van der Waals surface area contributed by atoms with Crippen LogP contribution in [0.1, 0.15) is 284 Å². The Morgan fingerprint density at radius 2 is 0.541 bits per heavy atom. The molecule has 0 aromatic heterocycles. The van der Waals surface area contributed by atoms with E-state index in [1.54, 1.807) is 0 Å². The highest BCUT2D eigenvalue weighted by Gasteiger charge is 2.19. The van der Waals surface area contributed by atoms with Crippen LogP contribution < -0.4 is 0 Å². The van der Waals surface area contributed by atoms with Gasteiger partial charge in [0.05, 0.1) is 0 Å². The third-order valence-electron chi connectivity index (χ3n) is 13.0. The first-order valence-electron chi connectivity index (χ1n) is 30.9.